The van der Waals surface area contributed by atoms with E-state index in [1.165, 1.54) is 0 Å². The van der Waals surface area contributed by atoms with Gasteiger partial charge in [0.25, 0.3) is 0 Å². The van der Waals surface area contributed by atoms with E-state index < -0.39 is 17.0 Å². The van der Waals surface area contributed by atoms with Crippen LogP contribution in [0.15, 0.2) is 186 Å². The molecule has 3 aliphatic heterocycles. The van der Waals surface area contributed by atoms with Gasteiger partial charge in [-0.25, -0.2) is 58.9 Å². The van der Waals surface area contributed by atoms with Crippen molar-refractivity contribution in [2.75, 3.05) is 93.2 Å². The Morgan fingerprint density at radius 2 is 0.841 bits per heavy atom. The smallest absolute Gasteiger partial charge is 0.420 e. The largest absolute Gasteiger partial charge is 0.444 e. The number of anilines is 3. The summed E-state index contributed by atoms with van der Waals surface area (Å²) >= 11 is 0. The molecule has 15 rings (SSSR count). The molecule has 10 heterocycles. The van der Waals surface area contributed by atoms with Crippen molar-refractivity contribution in [2.45, 2.75) is 108 Å². The first-order valence-electron chi connectivity index (χ1n) is 34.9. The van der Waals surface area contributed by atoms with Crippen LogP contribution in [0.4, 0.5) is 26.7 Å². The molecule has 560 valence electrons. The molecule has 107 heavy (non-hydrogen) atoms. The quantitative estimate of drug-likeness (QED) is 0.108. The summed E-state index contributed by atoms with van der Waals surface area (Å²) in [5.74, 6) is 0.727. The molecule has 5 aromatic carbocycles. The average molecular weight is 1460 g/mol. The van der Waals surface area contributed by atoms with E-state index in [0.29, 0.717) is 105 Å². The summed E-state index contributed by atoms with van der Waals surface area (Å²) < 4.78 is 29.7. The third-order valence-electron chi connectivity index (χ3n) is 17.5. The number of ether oxygens (including phenoxy) is 2. The summed E-state index contributed by atoms with van der Waals surface area (Å²) in [6, 6.07) is 38.4. The number of amides is 2. The van der Waals surface area contributed by atoms with E-state index in [9.17, 15) is 29.1 Å². The number of fused-ring (bicyclic) bond motifs is 3. The summed E-state index contributed by atoms with van der Waals surface area (Å²) in [5, 5.41) is 12.6. The lowest BCUT2D eigenvalue weighted by molar-refractivity contribution is 0.0230. The van der Waals surface area contributed by atoms with Crippen molar-refractivity contribution in [2.24, 2.45) is 0 Å². The van der Waals surface area contributed by atoms with Crippen LogP contribution in [0.5, 0.6) is 0 Å². The molecule has 0 aliphatic carbocycles. The van der Waals surface area contributed by atoms with E-state index >= 15 is 0 Å². The maximum absolute atomic E-state index is 12.5. The fraction of sp³-hybridized carbons (Fsp3) is 0.350. The van der Waals surface area contributed by atoms with Crippen LogP contribution in [0.2, 0.25) is 0 Å². The van der Waals surface area contributed by atoms with Crippen LogP contribution in [0.3, 0.4) is 0 Å². The van der Waals surface area contributed by atoms with E-state index in [-0.39, 0.29) is 45.2 Å². The first kappa shape index (κ1) is 77.8. The van der Waals surface area contributed by atoms with E-state index in [0.717, 1.165) is 104 Å². The molecule has 2 amide bonds. The molecular weight excluding hydrogens is 1360 g/mol. The molecule has 0 bridgehead atoms. The van der Waals surface area contributed by atoms with Crippen LogP contribution >= 0.6 is 0 Å². The second-order valence-corrected chi connectivity index (χ2v) is 27.9. The molecule has 12 aromatic rings. The number of oxazole rings is 3. The van der Waals surface area contributed by atoms with Crippen LogP contribution in [-0.4, -0.2) is 166 Å². The molecule has 0 atom stereocenters. The topological polar surface area (TPSA) is 308 Å². The second-order valence-electron chi connectivity index (χ2n) is 27.9. The molecule has 0 radical (unpaired) electrons. The number of aryl methyl sites for hydroxylation is 3. The van der Waals surface area contributed by atoms with Gasteiger partial charge in [-0.05, 0) is 145 Å². The van der Waals surface area contributed by atoms with Crippen molar-refractivity contribution >= 4 is 62.7 Å². The molecule has 3 aliphatic rings. The van der Waals surface area contributed by atoms with Gasteiger partial charge in [-0.1, -0.05) is 81.6 Å². The van der Waals surface area contributed by atoms with Gasteiger partial charge in [-0.2, -0.15) is 0 Å². The number of aliphatic hydroxyl groups excluding tert-OH is 1. The highest BCUT2D eigenvalue weighted by Gasteiger charge is 2.28. The first-order valence-corrected chi connectivity index (χ1v) is 34.9. The Kier molecular flexibility index (Phi) is 25.0. The van der Waals surface area contributed by atoms with Gasteiger partial charge in [0.05, 0.1) is 85.0 Å². The molecule has 0 unspecified atom stereocenters. The first-order chi connectivity index (χ1) is 50.4. The van der Waals surface area contributed by atoms with Gasteiger partial charge >= 0.3 is 29.5 Å². The third kappa shape index (κ3) is 20.2. The van der Waals surface area contributed by atoms with Gasteiger partial charge in [-0.3, -0.25) is 14.1 Å². The number of hydrogen-bond donors (Lipinski definition) is 3. The summed E-state index contributed by atoms with van der Waals surface area (Å²) in [4.78, 5) is 104. The highest BCUT2D eigenvalue weighted by Crippen LogP contribution is 2.27. The number of piperazine rings is 3. The normalized spacial score (nSPS) is 13.8. The Labute approximate surface area is 620 Å². The molecule has 27 heteroatoms. The van der Waals surface area contributed by atoms with Gasteiger partial charge in [0.15, 0.2) is 39.9 Å². The van der Waals surface area contributed by atoms with E-state index in [2.05, 4.69) is 59.9 Å². The van der Waals surface area contributed by atoms with E-state index in [1.807, 2.05) is 196 Å². The summed E-state index contributed by atoms with van der Waals surface area (Å²) in [7, 11) is 0. The molecular formula is C80H94N16O11. The van der Waals surface area contributed by atoms with Crippen molar-refractivity contribution in [3.8, 4) is 34.2 Å². The zero-order chi connectivity index (χ0) is 73.9. The van der Waals surface area contributed by atoms with Crippen LogP contribution in [0.25, 0.3) is 67.6 Å². The van der Waals surface area contributed by atoms with Gasteiger partial charge in [0, 0.05) is 101 Å². The van der Waals surface area contributed by atoms with Crippen LogP contribution < -0.4 is 37.3 Å². The number of aromatic amines is 1. The fourth-order valence-electron chi connectivity index (χ4n) is 12.1. The number of nitrogens with zero attached hydrogens (tertiary/aromatic N) is 14. The number of carbonyl (C=O) groups excluding carboxylic acids is 2. The van der Waals surface area contributed by atoms with Gasteiger partial charge in [0.2, 0.25) is 0 Å². The zero-order valence-corrected chi connectivity index (χ0v) is 60.4. The molecule has 0 saturated carbocycles. The van der Waals surface area contributed by atoms with Crippen LogP contribution in [0, 0.1) is 20.8 Å². The summed E-state index contributed by atoms with van der Waals surface area (Å²) in [5.41, 5.74) is 14.2. The number of aliphatic hydroxyl groups is 1. The van der Waals surface area contributed by atoms with Crippen LogP contribution in [-0.2, 0) is 29.2 Å². The maximum atomic E-state index is 12.5. The Morgan fingerprint density at radius 3 is 1.23 bits per heavy atom. The van der Waals surface area contributed by atoms with Gasteiger partial charge < -0.3 is 57.6 Å². The number of pyridine rings is 1. The SMILES string of the molecule is C.C.CC(C)(C)OC(=O)N1CCN(c2cnc(-c3cccc(CO)c3)nc2)CC1.Cc1ccc2oc(=O)[nH]c2n1.Cc1ccc2oc(=O)n(Cc3cccc(-c4ncc(N5CCN(C(=O)OC(C)(C)C)CC5)cn4)c3)c2c1.Cc1ccc2oc(=O)n(Cc3cccc(-c4ncc(N5CCNCC5)cn4)c3)c2c1. The molecule has 27 nitrogen and oxygen atoms in total. The lowest BCUT2D eigenvalue weighted by Crippen LogP contribution is -2.50. The van der Waals surface area contributed by atoms with Crippen molar-refractivity contribution < 1.29 is 37.4 Å². The molecule has 3 N–H and O–H groups in total. The Morgan fingerprint density at radius 1 is 0.467 bits per heavy atom. The standard InChI is InChI=1S/C28H31N5O4.C23H23N5O2.C20H26N4O3.C7H6N2O2.2CH4/c1-19-8-9-24-23(14-19)33(27(35)36-24)18-20-6-5-7-21(15-20)25-29-16-22(17-30-25)31-10-12-32(13-11-31)26(34)37-28(2,3)4;1-16-5-6-21-20(11-16)28(23(29)30-21)15-17-3-2-4-18(12-17)22-25-13-19(14-26-22)27-9-7-24-8-10-27;1-20(2,3)27-19(26)24-9-7-23(8-10-24)17-12-21-18(22-13-17)16-6-4-5-15(11-16)14-25;1-4-2-3-5-6(8-4)9-7(10)11-5;;/h5-9,14-17H,10-13,18H2,1-4H3;2-6,11-14,24H,7-10,15H2,1H3;4-6,11-13,25H,7-10,14H2,1-3H3;2-3H,1H3,(H,8,9,10);2*1H4. The number of nitrogens with one attached hydrogen (secondary N) is 2. The molecule has 7 aromatic heterocycles. The molecule has 3 fully saturated rings. The highest BCUT2D eigenvalue weighted by molar-refractivity contribution is 5.75. The van der Waals surface area contributed by atoms with Crippen molar-refractivity contribution in [1.29, 1.82) is 0 Å². The van der Waals surface area contributed by atoms with E-state index in [1.54, 1.807) is 43.5 Å². The Hall–Kier alpha value is -11.8. The lowest BCUT2D eigenvalue weighted by Gasteiger charge is -2.36. The average Bonchev–Trinajstić information content (AvgIpc) is 1.66. The highest BCUT2D eigenvalue weighted by atomic mass is 16.6. The predicted octanol–water partition coefficient (Wildman–Crippen LogP) is 12.1. The number of benzene rings is 5. The van der Waals surface area contributed by atoms with E-state index in [4.69, 9.17) is 22.7 Å². The number of hydrogen-bond acceptors (Lipinski definition) is 22. The minimum atomic E-state index is -0.503. The van der Waals surface area contributed by atoms with Crippen molar-refractivity contribution in [3.05, 3.63) is 224 Å². The predicted molar refractivity (Wildman–Crippen MR) is 415 cm³/mol. The minimum Gasteiger partial charge on any atom is -0.444 e. The lowest BCUT2D eigenvalue weighted by atomic mass is 10.1. The minimum absolute atomic E-state index is 0. The zero-order valence-electron chi connectivity index (χ0n) is 60.4. The Balaban J connectivity index is 0.000000160. The van der Waals surface area contributed by atoms with Gasteiger partial charge in [0.1, 0.15) is 11.2 Å². The number of H-pyrrole nitrogens is 1. The fourth-order valence-corrected chi connectivity index (χ4v) is 12.1. The number of aromatic nitrogens is 10. The van der Waals surface area contributed by atoms with Gasteiger partial charge in [-0.15, -0.1) is 0 Å². The van der Waals surface area contributed by atoms with Crippen molar-refractivity contribution in [3.63, 3.8) is 0 Å². The van der Waals surface area contributed by atoms with Crippen molar-refractivity contribution in [1.82, 2.24) is 64.1 Å². The summed E-state index contributed by atoms with van der Waals surface area (Å²) in [6.07, 6.45) is 10.5. The molecule has 0 spiro atoms. The monoisotopic (exact) mass is 1450 g/mol. The second kappa shape index (κ2) is 34.4. The number of carbonyl (C=O) groups is 2. The number of rotatable bonds is 11. The maximum Gasteiger partial charge on any atom is 0.420 e. The summed E-state index contributed by atoms with van der Waals surface area (Å²) in [6.45, 7) is 26.9. The Bertz CT molecular complexity index is 5170. The molecule has 3 saturated heterocycles. The van der Waals surface area contributed by atoms with Crippen LogP contribution in [0.1, 0.15) is 89.9 Å². The third-order valence-corrected chi connectivity index (χ3v) is 17.5.